The normalized spacial score (nSPS) is 17.3. The van der Waals surface area contributed by atoms with Crippen molar-refractivity contribution < 1.29 is 73.2 Å². The molecule has 1 saturated heterocycles. The Hall–Kier alpha value is -5.95. The number of carboxylic acids is 3. The number of likely N-dealkylation sites (tertiary alicyclic amines) is 1. The van der Waals surface area contributed by atoms with Crippen LogP contribution in [0.1, 0.15) is 133 Å². The zero-order valence-corrected chi connectivity index (χ0v) is 43.2. The van der Waals surface area contributed by atoms with E-state index < -0.39 is 151 Å². The molecule has 1 fully saturated rings. The molecule has 25 heteroatoms. The van der Waals surface area contributed by atoms with Crippen LogP contribution in [-0.2, 0) is 52.7 Å². The van der Waals surface area contributed by atoms with Gasteiger partial charge in [-0.15, -0.1) is 0 Å². The largest absolute Gasteiger partial charge is 0.481 e. The quantitative estimate of drug-likeness (QED) is 0.0330. The van der Waals surface area contributed by atoms with Crippen molar-refractivity contribution in [3.63, 3.8) is 0 Å². The molecule has 1 aliphatic rings. The lowest BCUT2D eigenvalue weighted by atomic mass is 10.00. The number of aliphatic carboxylic acids is 3. The Morgan fingerprint density at radius 2 is 1.04 bits per heavy atom. The number of nitrogens with two attached hydrogens (primary N) is 2. The van der Waals surface area contributed by atoms with Crippen molar-refractivity contribution in [3.8, 4) is 0 Å². The minimum atomic E-state index is -1.85. The number of hydrogen-bond acceptors (Lipinski definition) is 14. The number of unbranched alkanes of at least 4 members (excludes halogenated alkanes) is 1. The lowest BCUT2D eigenvalue weighted by Crippen LogP contribution is -2.61. The zero-order valence-electron chi connectivity index (χ0n) is 43.2. The Bertz CT molecular complexity index is 1880. The number of amides is 8. The lowest BCUT2D eigenvalue weighted by Gasteiger charge is -2.31. The summed E-state index contributed by atoms with van der Waals surface area (Å²) in [6.45, 7) is 15.3. The van der Waals surface area contributed by atoms with Gasteiger partial charge in [0.25, 0.3) is 0 Å². The van der Waals surface area contributed by atoms with Crippen molar-refractivity contribution >= 4 is 65.2 Å². The van der Waals surface area contributed by atoms with Crippen molar-refractivity contribution in [2.45, 2.75) is 193 Å². The molecule has 0 unspecified atom stereocenters. The molecule has 0 bridgehead atoms. The second-order valence-electron chi connectivity index (χ2n) is 20.1. The Labute approximate surface area is 421 Å². The van der Waals surface area contributed by atoms with Crippen LogP contribution in [0.5, 0.6) is 0 Å². The van der Waals surface area contributed by atoms with Gasteiger partial charge < -0.3 is 74.0 Å². The first kappa shape index (κ1) is 64.1. The maximum atomic E-state index is 14.1. The van der Waals surface area contributed by atoms with E-state index in [0.29, 0.717) is 19.3 Å². The first-order valence-corrected chi connectivity index (χ1v) is 24.7. The molecule has 8 amide bonds. The average molecular weight is 1030 g/mol. The molecule has 410 valence electrons. The topological polar surface area (TPSA) is 408 Å². The van der Waals surface area contributed by atoms with Gasteiger partial charge in [-0.1, -0.05) is 55.4 Å². The molecule has 0 aliphatic carbocycles. The summed E-state index contributed by atoms with van der Waals surface area (Å²) >= 11 is 0. The fourth-order valence-electron chi connectivity index (χ4n) is 7.97. The SMILES string of the molecule is CC(C)C[C@H](NC(=O)[C@H](CC(=O)O)NC(=O)[C@H](CC(C)C)NC(=O)[C@@H](NC(=O)[C@@H](N)CC(C)C)[C@@H](C)O)C(=O)N[C@@H](CCC(=O)O)C(=O)N[C@@H](CCCCN)C(=O)N1CCC[C@H]1C(=O)N[C@H](C(=O)O)C(C)C. The summed E-state index contributed by atoms with van der Waals surface area (Å²) in [4.78, 5) is 147. The van der Waals surface area contributed by atoms with E-state index in [1.54, 1.807) is 41.5 Å². The van der Waals surface area contributed by atoms with Crippen LogP contribution in [0.15, 0.2) is 0 Å². The van der Waals surface area contributed by atoms with Crippen LogP contribution >= 0.6 is 0 Å². The highest BCUT2D eigenvalue weighted by Gasteiger charge is 2.41. The van der Waals surface area contributed by atoms with Gasteiger partial charge in [0.2, 0.25) is 47.3 Å². The third-order valence-electron chi connectivity index (χ3n) is 11.7. The summed E-state index contributed by atoms with van der Waals surface area (Å²) in [5, 5.41) is 56.6. The van der Waals surface area contributed by atoms with E-state index in [1.807, 2.05) is 13.8 Å². The van der Waals surface area contributed by atoms with Crippen LogP contribution in [0.25, 0.3) is 0 Å². The minimum absolute atomic E-state index is 0.0191. The van der Waals surface area contributed by atoms with Crippen LogP contribution in [0.4, 0.5) is 0 Å². The number of hydrogen-bond donors (Lipinski definition) is 13. The minimum Gasteiger partial charge on any atom is -0.481 e. The van der Waals surface area contributed by atoms with Crippen molar-refractivity contribution in [2.24, 2.45) is 35.1 Å². The van der Waals surface area contributed by atoms with Crippen LogP contribution in [0.3, 0.4) is 0 Å². The maximum absolute atomic E-state index is 14.1. The average Bonchev–Trinajstić information content (AvgIpc) is 3.76. The Morgan fingerprint density at radius 1 is 0.556 bits per heavy atom. The molecule has 0 aromatic heterocycles. The van der Waals surface area contributed by atoms with E-state index in [2.05, 4.69) is 37.2 Å². The van der Waals surface area contributed by atoms with Gasteiger partial charge in [-0.05, 0) is 94.9 Å². The van der Waals surface area contributed by atoms with Gasteiger partial charge in [-0.25, -0.2) is 4.79 Å². The zero-order chi connectivity index (χ0) is 55.2. The third kappa shape index (κ3) is 22.6. The molecule has 0 spiro atoms. The number of carbonyl (C=O) groups excluding carboxylic acids is 8. The van der Waals surface area contributed by atoms with Crippen molar-refractivity contribution in [1.29, 1.82) is 0 Å². The Balaban J connectivity index is 3.48. The molecule has 0 radical (unpaired) electrons. The molecule has 0 aromatic rings. The summed E-state index contributed by atoms with van der Waals surface area (Å²) in [5.74, 6) is -12.4. The van der Waals surface area contributed by atoms with Crippen molar-refractivity contribution in [3.05, 3.63) is 0 Å². The highest BCUT2D eigenvalue weighted by Crippen LogP contribution is 2.21. The van der Waals surface area contributed by atoms with Gasteiger partial charge in [-0.3, -0.25) is 47.9 Å². The molecular formula is C47H82N10O15. The van der Waals surface area contributed by atoms with E-state index in [9.17, 15) is 73.2 Å². The lowest BCUT2D eigenvalue weighted by molar-refractivity contribution is -0.146. The standard InChI is InChI=1S/C47H82N10O15/c1-23(2)19-28(49)39(63)56-38(27(9)58)45(69)54-32(21-25(5)6)42(66)53-33(22-36(61)62)43(67)52-31(20-24(3)4)41(65)50-29(15-16-35(59)60)40(64)51-30(13-10-11-17-48)46(70)57-18-12-14-34(57)44(68)55-37(26(7)8)47(71)72/h23-34,37-38,58H,10-22,48-49H2,1-9H3,(H,50,65)(H,51,64)(H,52,67)(H,53,66)(H,54,69)(H,55,68)(H,56,63)(H,59,60)(H,61,62)(H,71,72)/t27-,28+,29+,30+,31+,32+,33+,34+,37+,38+/m1/s1. The monoisotopic (exact) mass is 1030 g/mol. The molecule has 15 N–H and O–H groups in total. The van der Waals surface area contributed by atoms with Crippen LogP contribution in [-0.4, -0.2) is 164 Å². The van der Waals surface area contributed by atoms with Gasteiger partial charge in [0.05, 0.1) is 18.6 Å². The number of rotatable bonds is 33. The summed E-state index contributed by atoms with van der Waals surface area (Å²) in [5.41, 5.74) is 11.7. The second-order valence-corrected chi connectivity index (χ2v) is 20.1. The summed E-state index contributed by atoms with van der Waals surface area (Å²) in [6.07, 6.45) is -2.12. The number of carbonyl (C=O) groups is 11. The van der Waals surface area contributed by atoms with Gasteiger partial charge in [-0.2, -0.15) is 0 Å². The number of nitrogens with zero attached hydrogens (tertiary/aromatic N) is 1. The van der Waals surface area contributed by atoms with E-state index in [-0.39, 0.29) is 62.9 Å². The van der Waals surface area contributed by atoms with Crippen LogP contribution in [0, 0.1) is 23.7 Å². The van der Waals surface area contributed by atoms with E-state index >= 15 is 0 Å². The number of nitrogens with one attached hydrogen (secondary N) is 7. The van der Waals surface area contributed by atoms with Gasteiger partial charge in [0.1, 0.15) is 48.3 Å². The smallest absolute Gasteiger partial charge is 0.326 e. The molecule has 25 nitrogen and oxygen atoms in total. The first-order valence-electron chi connectivity index (χ1n) is 24.7. The van der Waals surface area contributed by atoms with E-state index in [4.69, 9.17) is 11.5 Å². The summed E-state index contributed by atoms with van der Waals surface area (Å²) < 4.78 is 0. The predicted octanol–water partition coefficient (Wildman–Crippen LogP) is -1.57. The highest BCUT2D eigenvalue weighted by molar-refractivity contribution is 5.99. The fraction of sp³-hybridized carbons (Fsp3) is 0.766. The molecule has 1 aliphatic heterocycles. The van der Waals surface area contributed by atoms with Gasteiger partial charge in [0, 0.05) is 13.0 Å². The maximum Gasteiger partial charge on any atom is 0.326 e. The van der Waals surface area contributed by atoms with Crippen LogP contribution in [0.2, 0.25) is 0 Å². The van der Waals surface area contributed by atoms with Crippen molar-refractivity contribution in [2.75, 3.05) is 13.1 Å². The predicted molar refractivity (Wildman–Crippen MR) is 261 cm³/mol. The molecule has 72 heavy (non-hydrogen) atoms. The Morgan fingerprint density at radius 3 is 1.51 bits per heavy atom. The molecule has 0 saturated carbocycles. The number of carboxylic acid groups (broad SMARTS) is 3. The van der Waals surface area contributed by atoms with Gasteiger partial charge in [0.15, 0.2) is 0 Å². The molecular weight excluding hydrogens is 945 g/mol. The third-order valence-corrected chi connectivity index (χ3v) is 11.7. The van der Waals surface area contributed by atoms with Gasteiger partial charge >= 0.3 is 17.9 Å². The first-order chi connectivity index (χ1) is 33.5. The number of aliphatic hydroxyl groups is 1. The van der Waals surface area contributed by atoms with Crippen molar-refractivity contribution in [1.82, 2.24) is 42.1 Å². The summed E-state index contributed by atoms with van der Waals surface area (Å²) in [7, 11) is 0. The molecule has 10 atom stereocenters. The van der Waals surface area contributed by atoms with E-state index in [1.165, 1.54) is 11.8 Å². The highest BCUT2D eigenvalue weighted by atomic mass is 16.4. The van der Waals surface area contributed by atoms with E-state index in [0.717, 1.165) is 0 Å². The molecule has 0 aromatic carbocycles. The summed E-state index contributed by atoms with van der Waals surface area (Å²) in [6, 6.07) is -12.6. The van der Waals surface area contributed by atoms with Crippen LogP contribution < -0.4 is 48.7 Å². The second kappa shape index (κ2) is 31.5. The fourth-order valence-corrected chi connectivity index (χ4v) is 7.97. The Kier molecular flexibility index (Phi) is 28.0. The molecule has 1 heterocycles. The molecule has 1 rings (SSSR count). The number of aliphatic hydroxyl groups excluding tert-OH is 1.